The molecule has 0 N–H and O–H groups in total. The first-order chi connectivity index (χ1) is 5.18. The van der Waals surface area contributed by atoms with Crippen LogP contribution in [0.4, 0.5) is 4.39 Å². The molecular formula is C7H6FNOS. The van der Waals surface area contributed by atoms with E-state index in [-0.39, 0.29) is 11.5 Å². The molecule has 0 aromatic carbocycles. The van der Waals surface area contributed by atoms with Crippen LogP contribution in [0.2, 0.25) is 0 Å². The Balaban J connectivity index is 2.79. The van der Waals surface area contributed by atoms with Gasteiger partial charge in [0, 0.05) is 12.6 Å². The zero-order chi connectivity index (χ0) is 8.27. The molecule has 4 heteroatoms. The lowest BCUT2D eigenvalue weighted by Gasteiger charge is -1.94. The summed E-state index contributed by atoms with van der Waals surface area (Å²) in [4.78, 5) is 13.8. The number of carbonyl (C=O) groups is 1. The van der Waals surface area contributed by atoms with Gasteiger partial charge in [0.2, 0.25) is 5.95 Å². The van der Waals surface area contributed by atoms with E-state index in [9.17, 15) is 9.18 Å². The van der Waals surface area contributed by atoms with Crippen molar-refractivity contribution in [2.75, 3.05) is 0 Å². The van der Waals surface area contributed by atoms with Gasteiger partial charge in [-0.1, -0.05) is 0 Å². The van der Waals surface area contributed by atoms with Crippen molar-refractivity contribution in [1.82, 2.24) is 4.98 Å². The molecule has 0 unspecified atom stereocenters. The Hall–Kier alpha value is -0.900. The third-order valence-corrected chi connectivity index (χ3v) is 1.30. The molecule has 58 valence electrons. The van der Waals surface area contributed by atoms with Crippen molar-refractivity contribution in [1.29, 1.82) is 0 Å². The zero-order valence-electron chi connectivity index (χ0n) is 5.62. The van der Waals surface area contributed by atoms with Crippen LogP contribution in [0.25, 0.3) is 0 Å². The highest BCUT2D eigenvalue weighted by Crippen LogP contribution is 2.02. The second-order valence-electron chi connectivity index (χ2n) is 2.06. The molecule has 0 aliphatic carbocycles. The predicted molar refractivity (Wildman–Crippen MR) is 41.9 cm³/mol. The Bertz CT molecular complexity index is 277. The molecule has 1 aromatic heterocycles. The number of pyridine rings is 1. The van der Waals surface area contributed by atoms with Crippen LogP contribution in [0.3, 0.4) is 0 Å². The number of thiol groups is 1. The van der Waals surface area contributed by atoms with Crippen molar-refractivity contribution < 1.29 is 9.18 Å². The van der Waals surface area contributed by atoms with Gasteiger partial charge in [-0.05, 0) is 17.7 Å². The average molecular weight is 171 g/mol. The molecular weight excluding hydrogens is 165 g/mol. The van der Waals surface area contributed by atoms with E-state index in [0.29, 0.717) is 5.56 Å². The van der Waals surface area contributed by atoms with E-state index < -0.39 is 5.95 Å². The van der Waals surface area contributed by atoms with E-state index in [2.05, 4.69) is 17.6 Å². The summed E-state index contributed by atoms with van der Waals surface area (Å²) < 4.78 is 12.4. The monoisotopic (exact) mass is 171 g/mol. The Labute approximate surface area is 68.9 Å². The third-order valence-electron chi connectivity index (χ3n) is 1.15. The van der Waals surface area contributed by atoms with Gasteiger partial charge in [-0.15, -0.1) is 12.6 Å². The summed E-state index contributed by atoms with van der Waals surface area (Å²) in [6, 6.07) is 2.80. The van der Waals surface area contributed by atoms with Crippen LogP contribution in [-0.2, 0) is 11.2 Å². The Morgan fingerprint density at radius 3 is 3.00 bits per heavy atom. The molecule has 0 spiro atoms. The van der Waals surface area contributed by atoms with Gasteiger partial charge in [0.15, 0.2) is 5.12 Å². The second-order valence-corrected chi connectivity index (χ2v) is 2.56. The number of carbonyl (C=O) groups excluding carboxylic acids is 1. The van der Waals surface area contributed by atoms with Crippen molar-refractivity contribution in [3.05, 3.63) is 29.8 Å². The number of nitrogens with zero attached hydrogens (tertiary/aromatic N) is 1. The molecule has 1 rings (SSSR count). The second kappa shape index (κ2) is 3.48. The molecule has 0 atom stereocenters. The highest BCUT2D eigenvalue weighted by Gasteiger charge is 1.99. The lowest BCUT2D eigenvalue weighted by Crippen LogP contribution is -1.94. The molecule has 11 heavy (non-hydrogen) atoms. The highest BCUT2D eigenvalue weighted by atomic mass is 32.1. The van der Waals surface area contributed by atoms with Crippen molar-refractivity contribution in [2.45, 2.75) is 6.42 Å². The van der Waals surface area contributed by atoms with Crippen LogP contribution in [0.15, 0.2) is 18.3 Å². The van der Waals surface area contributed by atoms with E-state index in [1.165, 1.54) is 12.3 Å². The SMILES string of the molecule is O=C(S)Cc1ccnc(F)c1. The summed E-state index contributed by atoms with van der Waals surface area (Å²) >= 11 is 3.56. The minimum absolute atomic E-state index is 0.141. The van der Waals surface area contributed by atoms with Crippen molar-refractivity contribution in [3.63, 3.8) is 0 Å². The first-order valence-electron chi connectivity index (χ1n) is 3.00. The van der Waals surface area contributed by atoms with Gasteiger partial charge in [-0.3, -0.25) is 4.79 Å². The van der Waals surface area contributed by atoms with Crippen LogP contribution in [0, 0.1) is 5.95 Å². The maximum absolute atomic E-state index is 12.4. The summed E-state index contributed by atoms with van der Waals surface area (Å²) in [5.74, 6) is -0.572. The topological polar surface area (TPSA) is 30.0 Å². The maximum atomic E-state index is 12.4. The lowest BCUT2D eigenvalue weighted by molar-refractivity contribution is -0.110. The molecule has 0 saturated heterocycles. The fourth-order valence-electron chi connectivity index (χ4n) is 0.727. The molecule has 0 radical (unpaired) electrons. The van der Waals surface area contributed by atoms with E-state index in [4.69, 9.17) is 0 Å². The van der Waals surface area contributed by atoms with Gasteiger partial charge in [0.1, 0.15) is 0 Å². The fourth-order valence-corrected chi connectivity index (χ4v) is 0.910. The van der Waals surface area contributed by atoms with E-state index in [0.717, 1.165) is 0 Å². The molecule has 0 fully saturated rings. The van der Waals surface area contributed by atoms with Gasteiger partial charge >= 0.3 is 0 Å². The normalized spacial score (nSPS) is 9.64. The first kappa shape index (κ1) is 8.20. The standard InChI is InChI=1S/C7H6FNOS/c8-6-3-5(1-2-9-6)4-7(10)11/h1-3H,4H2,(H,10,11). The molecule has 2 nitrogen and oxygen atoms in total. The quantitative estimate of drug-likeness (QED) is 0.535. The number of hydrogen-bond acceptors (Lipinski definition) is 2. The van der Waals surface area contributed by atoms with Gasteiger partial charge in [0.05, 0.1) is 0 Å². The lowest BCUT2D eigenvalue weighted by atomic mass is 10.2. The molecule has 0 aliphatic rings. The largest absolute Gasteiger partial charge is 0.287 e. The molecule has 1 aromatic rings. The molecule has 0 aliphatic heterocycles. The summed E-state index contributed by atoms with van der Waals surface area (Å²) in [7, 11) is 0. The number of hydrogen-bond donors (Lipinski definition) is 1. The minimum atomic E-state index is -0.572. The maximum Gasteiger partial charge on any atom is 0.213 e. The molecule has 0 bridgehead atoms. The Morgan fingerprint density at radius 2 is 2.45 bits per heavy atom. The van der Waals surface area contributed by atoms with Crippen LogP contribution in [0.1, 0.15) is 5.56 Å². The predicted octanol–water partition coefficient (Wildman–Crippen LogP) is 1.22. The van der Waals surface area contributed by atoms with Gasteiger partial charge < -0.3 is 0 Å². The number of rotatable bonds is 2. The van der Waals surface area contributed by atoms with Crippen LogP contribution in [0.5, 0.6) is 0 Å². The van der Waals surface area contributed by atoms with Gasteiger partial charge in [-0.25, -0.2) is 4.98 Å². The van der Waals surface area contributed by atoms with E-state index in [1.807, 2.05) is 0 Å². The van der Waals surface area contributed by atoms with Crippen LogP contribution < -0.4 is 0 Å². The van der Waals surface area contributed by atoms with E-state index in [1.54, 1.807) is 6.07 Å². The first-order valence-corrected chi connectivity index (χ1v) is 3.45. The van der Waals surface area contributed by atoms with E-state index >= 15 is 0 Å². The van der Waals surface area contributed by atoms with Crippen LogP contribution >= 0.6 is 12.6 Å². The summed E-state index contributed by atoms with van der Waals surface area (Å²) in [5, 5.41) is -0.282. The van der Waals surface area contributed by atoms with Crippen molar-refractivity contribution >= 4 is 17.7 Å². The summed E-state index contributed by atoms with van der Waals surface area (Å²) in [6.07, 6.45) is 1.46. The van der Waals surface area contributed by atoms with Gasteiger partial charge in [0.25, 0.3) is 0 Å². The third kappa shape index (κ3) is 2.67. The average Bonchev–Trinajstić information content (AvgIpc) is 1.85. The zero-order valence-corrected chi connectivity index (χ0v) is 6.51. The van der Waals surface area contributed by atoms with Crippen LogP contribution in [-0.4, -0.2) is 10.1 Å². The summed E-state index contributed by atoms with van der Waals surface area (Å²) in [6.45, 7) is 0. The smallest absolute Gasteiger partial charge is 0.213 e. The van der Waals surface area contributed by atoms with Gasteiger partial charge in [-0.2, -0.15) is 4.39 Å². The number of aromatic nitrogens is 1. The fraction of sp³-hybridized carbons (Fsp3) is 0.143. The minimum Gasteiger partial charge on any atom is -0.287 e. The Morgan fingerprint density at radius 1 is 1.73 bits per heavy atom. The van der Waals surface area contributed by atoms with Crippen molar-refractivity contribution in [3.8, 4) is 0 Å². The molecule has 0 amide bonds. The highest BCUT2D eigenvalue weighted by molar-refractivity contribution is 7.96. The molecule has 0 saturated carbocycles. The Kier molecular flexibility index (Phi) is 2.59. The van der Waals surface area contributed by atoms with Crippen molar-refractivity contribution in [2.24, 2.45) is 0 Å². The molecule has 1 heterocycles. The number of halogens is 1. The summed E-state index contributed by atoms with van der Waals surface area (Å²) in [5.41, 5.74) is 0.595.